The summed E-state index contributed by atoms with van der Waals surface area (Å²) in [6.45, 7) is 0. The van der Waals surface area contributed by atoms with Gasteiger partial charge in [0.25, 0.3) is 0 Å². The number of rotatable bonds is 0. The van der Waals surface area contributed by atoms with Crippen molar-refractivity contribution < 1.29 is 62.0 Å². The molecular weight excluding hydrogens is 1200 g/mol. The first-order valence-electron chi connectivity index (χ1n) is 0. The van der Waals surface area contributed by atoms with E-state index in [9.17, 15) is 0 Å². The van der Waals surface area contributed by atoms with E-state index in [2.05, 4.69) is 0 Å². The number of halogens is 5. The van der Waals surface area contributed by atoms with Gasteiger partial charge in [0.15, 0.2) is 0 Å². The van der Waals surface area contributed by atoms with Crippen molar-refractivity contribution in [1.29, 1.82) is 0 Å². The van der Waals surface area contributed by atoms with Crippen LogP contribution >= 0.6 is 0 Å². The van der Waals surface area contributed by atoms with E-state index in [0.717, 1.165) is 0 Å². The van der Waals surface area contributed by atoms with Crippen molar-refractivity contribution in [1.82, 2.24) is 0 Å². The van der Waals surface area contributed by atoms with Gasteiger partial charge in [-0.05, 0) is 0 Å². The topological polar surface area (TPSA) is 0 Å². The van der Waals surface area contributed by atoms with E-state index in [1.807, 2.05) is 0 Å². The third kappa shape index (κ3) is 65.3. The van der Waals surface area contributed by atoms with Gasteiger partial charge in [0.1, 0.15) is 0 Å². The summed E-state index contributed by atoms with van der Waals surface area (Å²) in [6.07, 6.45) is 0. The second kappa shape index (κ2) is 81.1. The fourth-order valence-corrected chi connectivity index (χ4v) is 0. The molecule has 0 aromatic rings. The predicted molar refractivity (Wildman–Crippen MR) is 28.8 cm³/mol. The molecule has 0 amide bonds. The first kappa shape index (κ1) is 99.2. The van der Waals surface area contributed by atoms with Crippen LogP contribution in [0.2, 0.25) is 0 Å². The minimum atomic E-state index is 0. The maximum atomic E-state index is 0. The largest absolute Gasteiger partial charge is 1.00 e. The average Bonchev–Trinajstić information content (AvgIpc) is 0. The fraction of sp³-hybridized carbons (Fsp3) is 0. The van der Waals surface area contributed by atoms with Gasteiger partial charge >= 0.3 is 136 Å². The summed E-state index contributed by atoms with van der Waals surface area (Å²) < 4.78 is 0. The molecule has 0 aromatic heterocycles. The van der Waals surface area contributed by atoms with Gasteiger partial charge in [-0.1, -0.05) is 0 Å². The minimum Gasteiger partial charge on any atom is -1.00 e. The molecule has 0 saturated heterocycles. The average molecular weight is 1200 g/mol. The van der Waals surface area contributed by atoms with Gasteiger partial charge in [-0.15, -0.1) is 0 Å². The van der Waals surface area contributed by atoms with Crippen molar-refractivity contribution in [3.8, 4) is 0 Å². The minimum absolute atomic E-state index is 0. The molecule has 0 atom stereocenters. The zero-order valence-electron chi connectivity index (χ0n) is 4.78. The summed E-state index contributed by atoms with van der Waals surface area (Å²) in [5.74, 6) is 0. The molecule has 10 heavy (non-hydrogen) atoms. The molecule has 0 radical (unpaired) electrons. The summed E-state index contributed by atoms with van der Waals surface area (Å²) >= 11 is 0. The molecule has 0 fully saturated rings. The van der Waals surface area contributed by atoms with Crippen LogP contribution in [-0.4, -0.2) is 136 Å². The molecule has 50 valence electrons. The molecule has 0 unspecified atom stereocenters. The van der Waals surface area contributed by atoms with E-state index >= 15 is 0 Å². The first-order chi connectivity index (χ1) is 0. The van der Waals surface area contributed by atoms with E-state index in [-0.39, 0.29) is 199 Å². The zero-order chi connectivity index (χ0) is 0. The molecule has 0 aliphatic heterocycles. The Morgan fingerprint density at radius 2 is 0.200 bits per heavy atom. The molecule has 0 spiro atoms. The third-order valence-corrected chi connectivity index (χ3v) is 0. The van der Waals surface area contributed by atoms with Crippen molar-refractivity contribution in [2.24, 2.45) is 0 Å². The van der Waals surface area contributed by atoms with Crippen LogP contribution in [0.5, 0.6) is 0 Å². The second-order valence-electron chi connectivity index (χ2n) is 0. The van der Waals surface area contributed by atoms with Crippen LogP contribution in [0.15, 0.2) is 0 Å². The van der Waals surface area contributed by atoms with Crippen molar-refractivity contribution >= 4 is 136 Å². The molecule has 0 nitrogen and oxygen atoms in total. The fourth-order valence-electron chi connectivity index (χ4n) is 0. The van der Waals surface area contributed by atoms with Crippen molar-refractivity contribution in [2.45, 2.75) is 0 Å². The second-order valence-corrected chi connectivity index (χ2v) is 0. The van der Waals surface area contributed by atoms with Crippen molar-refractivity contribution in [3.63, 3.8) is 0 Å². The van der Waals surface area contributed by atoms with Crippen LogP contribution in [0.4, 0.5) is 0 Å². The van der Waals surface area contributed by atoms with Crippen LogP contribution in [0, 0.1) is 0 Å². The van der Waals surface area contributed by atoms with E-state index in [1.54, 1.807) is 0 Å². The first-order valence-corrected chi connectivity index (χ1v) is 0. The zero-order valence-corrected chi connectivity index (χ0v) is 31.0. The molecule has 10 heteroatoms. The van der Waals surface area contributed by atoms with Gasteiger partial charge in [0.2, 0.25) is 0 Å². The Balaban J connectivity index is 0. The van der Waals surface area contributed by atoms with Gasteiger partial charge in [-0.3, -0.25) is 0 Å². The van der Waals surface area contributed by atoms with Gasteiger partial charge < -0.3 is 62.0 Å². The molecular formula is Cl5Tl5. The van der Waals surface area contributed by atoms with Crippen molar-refractivity contribution in [2.75, 3.05) is 0 Å². The SMILES string of the molecule is [Cl-].[Cl-].[Cl-].[Cl-].[Cl-].[Tl+].[Tl+].[Tl+].[Tl+].[Tl+]. The molecule has 0 rings (SSSR count). The van der Waals surface area contributed by atoms with E-state index < -0.39 is 0 Å². The Bertz CT molecular complexity index is 10.0. The standard InChI is InChI=1S/5ClH.5Tl/h5*1H;;;;;/q;;;;;5*+1/p-5. The third-order valence-electron chi connectivity index (χ3n) is 0. The molecule has 0 heterocycles. The Labute approximate surface area is 194 Å². The smallest absolute Gasteiger partial charge is 1.00 e. The maximum Gasteiger partial charge on any atom is 1.00 e. The summed E-state index contributed by atoms with van der Waals surface area (Å²) in [7, 11) is 0. The van der Waals surface area contributed by atoms with Gasteiger partial charge in [0.05, 0.1) is 0 Å². The molecule has 0 N–H and O–H groups in total. The predicted octanol–water partition coefficient (Wildman–Crippen LogP) is -16.9. The van der Waals surface area contributed by atoms with Gasteiger partial charge in [0, 0.05) is 0 Å². The summed E-state index contributed by atoms with van der Waals surface area (Å²) in [4.78, 5) is 0. The molecule has 0 bridgehead atoms. The molecule has 0 aromatic carbocycles. The van der Waals surface area contributed by atoms with Crippen LogP contribution in [0.25, 0.3) is 0 Å². The Kier molecular flexibility index (Phi) is 804. The quantitative estimate of drug-likeness (QED) is 0.212. The van der Waals surface area contributed by atoms with Gasteiger partial charge in [-0.2, -0.15) is 0 Å². The molecule has 0 aliphatic carbocycles. The Hall–Kier alpha value is 6.06. The maximum absolute atomic E-state index is 0. The van der Waals surface area contributed by atoms with E-state index in [1.165, 1.54) is 0 Å². The van der Waals surface area contributed by atoms with Crippen LogP contribution in [0.1, 0.15) is 0 Å². The number of hydrogen-bond acceptors (Lipinski definition) is 0. The van der Waals surface area contributed by atoms with Crippen LogP contribution < -0.4 is 62.0 Å². The Morgan fingerprint density at radius 3 is 0.200 bits per heavy atom. The molecule has 0 aliphatic rings. The van der Waals surface area contributed by atoms with E-state index in [0.29, 0.717) is 0 Å². The number of hydrogen-bond donors (Lipinski definition) is 0. The summed E-state index contributed by atoms with van der Waals surface area (Å²) in [5, 5.41) is 0. The summed E-state index contributed by atoms with van der Waals surface area (Å²) in [5.41, 5.74) is 0. The monoisotopic (exact) mass is 1200 g/mol. The van der Waals surface area contributed by atoms with Gasteiger partial charge in [-0.25, -0.2) is 0 Å². The van der Waals surface area contributed by atoms with Crippen LogP contribution in [-0.2, 0) is 0 Å². The normalized spacial score (nSPS) is 0. The van der Waals surface area contributed by atoms with Crippen molar-refractivity contribution in [3.05, 3.63) is 0 Å². The summed E-state index contributed by atoms with van der Waals surface area (Å²) in [6, 6.07) is 0. The Morgan fingerprint density at radius 1 is 0.200 bits per heavy atom. The van der Waals surface area contributed by atoms with Crippen LogP contribution in [0.3, 0.4) is 0 Å². The molecule has 0 saturated carbocycles. The van der Waals surface area contributed by atoms with E-state index in [4.69, 9.17) is 0 Å².